The van der Waals surface area contributed by atoms with E-state index in [0.29, 0.717) is 5.56 Å². The molecule has 0 aliphatic carbocycles. The highest BCUT2D eigenvalue weighted by atomic mass is 16.3. The first-order valence-corrected chi connectivity index (χ1v) is 5.81. The lowest BCUT2D eigenvalue weighted by Crippen LogP contribution is -2.14. The number of aldehydes is 1. The Morgan fingerprint density at radius 2 is 1.72 bits per heavy atom. The zero-order valence-electron chi connectivity index (χ0n) is 9.91. The van der Waals surface area contributed by atoms with Crippen molar-refractivity contribution >= 4 is 12.0 Å². The Morgan fingerprint density at radius 1 is 1.06 bits per heavy atom. The van der Waals surface area contributed by atoms with Crippen LogP contribution in [-0.2, 0) is 0 Å². The van der Waals surface area contributed by atoms with Crippen molar-refractivity contribution in [2.75, 3.05) is 11.9 Å². The van der Waals surface area contributed by atoms with Crippen molar-refractivity contribution in [1.29, 1.82) is 0 Å². The number of carbonyl (C=O) groups is 1. The summed E-state index contributed by atoms with van der Waals surface area (Å²) in [5.41, 5.74) is 2.55. The molecule has 3 nitrogen and oxygen atoms in total. The van der Waals surface area contributed by atoms with Gasteiger partial charge in [-0.15, -0.1) is 0 Å². The van der Waals surface area contributed by atoms with Gasteiger partial charge in [-0.05, 0) is 29.8 Å². The van der Waals surface area contributed by atoms with Crippen LogP contribution in [0.15, 0.2) is 54.6 Å². The molecule has 0 radical (unpaired) electrons. The van der Waals surface area contributed by atoms with E-state index in [4.69, 9.17) is 0 Å². The van der Waals surface area contributed by atoms with E-state index in [1.807, 2.05) is 42.5 Å². The SMILES string of the molecule is O=Cc1ccc(NC(CO)c2ccccc2)cc1. The molecule has 3 heteroatoms. The fourth-order valence-corrected chi connectivity index (χ4v) is 1.78. The molecule has 18 heavy (non-hydrogen) atoms. The average molecular weight is 241 g/mol. The first-order chi connectivity index (χ1) is 8.83. The number of nitrogens with one attached hydrogen (secondary N) is 1. The van der Waals surface area contributed by atoms with E-state index in [2.05, 4.69) is 5.32 Å². The van der Waals surface area contributed by atoms with Crippen LogP contribution in [0.5, 0.6) is 0 Å². The maximum Gasteiger partial charge on any atom is 0.150 e. The van der Waals surface area contributed by atoms with Crippen LogP contribution in [0.25, 0.3) is 0 Å². The zero-order valence-corrected chi connectivity index (χ0v) is 9.91. The van der Waals surface area contributed by atoms with Crippen molar-refractivity contribution in [3.05, 3.63) is 65.7 Å². The zero-order chi connectivity index (χ0) is 12.8. The molecule has 2 aromatic rings. The Morgan fingerprint density at radius 3 is 2.28 bits per heavy atom. The summed E-state index contributed by atoms with van der Waals surface area (Å²) in [7, 11) is 0. The molecule has 92 valence electrons. The predicted molar refractivity (Wildman–Crippen MR) is 71.7 cm³/mol. The molecule has 0 heterocycles. The van der Waals surface area contributed by atoms with E-state index < -0.39 is 0 Å². The van der Waals surface area contributed by atoms with E-state index in [0.717, 1.165) is 17.5 Å². The van der Waals surface area contributed by atoms with Crippen molar-refractivity contribution in [2.24, 2.45) is 0 Å². The quantitative estimate of drug-likeness (QED) is 0.791. The molecular weight excluding hydrogens is 226 g/mol. The monoisotopic (exact) mass is 241 g/mol. The van der Waals surface area contributed by atoms with Gasteiger partial charge in [0.25, 0.3) is 0 Å². The van der Waals surface area contributed by atoms with Gasteiger partial charge in [-0.1, -0.05) is 30.3 Å². The summed E-state index contributed by atoms with van der Waals surface area (Å²) >= 11 is 0. The lowest BCUT2D eigenvalue weighted by Gasteiger charge is -2.18. The third-order valence-corrected chi connectivity index (χ3v) is 2.77. The van der Waals surface area contributed by atoms with Gasteiger partial charge in [-0.2, -0.15) is 0 Å². The summed E-state index contributed by atoms with van der Waals surface area (Å²) in [6.45, 7) is 0.0133. The third kappa shape index (κ3) is 2.96. The smallest absolute Gasteiger partial charge is 0.150 e. The molecule has 0 saturated heterocycles. The van der Waals surface area contributed by atoms with Gasteiger partial charge < -0.3 is 10.4 Å². The molecular formula is C15H15NO2. The number of aliphatic hydroxyl groups excluding tert-OH is 1. The number of benzene rings is 2. The lowest BCUT2D eigenvalue weighted by atomic mass is 10.1. The van der Waals surface area contributed by atoms with Crippen LogP contribution >= 0.6 is 0 Å². The summed E-state index contributed by atoms with van der Waals surface area (Å²) in [6.07, 6.45) is 0.810. The van der Waals surface area contributed by atoms with E-state index in [-0.39, 0.29) is 12.6 Å². The van der Waals surface area contributed by atoms with Gasteiger partial charge in [0.05, 0.1) is 12.6 Å². The Labute approximate surface area is 106 Å². The molecule has 2 N–H and O–H groups in total. The van der Waals surface area contributed by atoms with Crippen LogP contribution in [-0.4, -0.2) is 18.0 Å². The number of rotatable bonds is 5. The number of carbonyl (C=O) groups excluding carboxylic acids is 1. The Hall–Kier alpha value is -2.13. The molecule has 2 rings (SSSR count). The summed E-state index contributed by atoms with van der Waals surface area (Å²) < 4.78 is 0. The number of anilines is 1. The number of hydrogen-bond acceptors (Lipinski definition) is 3. The van der Waals surface area contributed by atoms with E-state index in [9.17, 15) is 9.90 Å². The van der Waals surface area contributed by atoms with Gasteiger partial charge in [-0.3, -0.25) is 4.79 Å². The van der Waals surface area contributed by atoms with Crippen LogP contribution in [0.4, 0.5) is 5.69 Å². The molecule has 0 fully saturated rings. The first-order valence-electron chi connectivity index (χ1n) is 5.81. The normalized spacial score (nSPS) is 11.8. The molecule has 2 aromatic carbocycles. The number of hydrogen-bond donors (Lipinski definition) is 2. The highest BCUT2D eigenvalue weighted by Crippen LogP contribution is 2.19. The molecule has 0 spiro atoms. The Balaban J connectivity index is 2.12. The van der Waals surface area contributed by atoms with Crippen molar-refractivity contribution in [2.45, 2.75) is 6.04 Å². The minimum atomic E-state index is -0.145. The van der Waals surface area contributed by atoms with Crippen LogP contribution in [0.3, 0.4) is 0 Å². The lowest BCUT2D eigenvalue weighted by molar-refractivity contribution is 0.112. The van der Waals surface area contributed by atoms with Crippen LogP contribution in [0, 0.1) is 0 Å². The second-order valence-electron chi connectivity index (χ2n) is 4.03. The minimum absolute atomic E-state index is 0.0133. The van der Waals surface area contributed by atoms with Crippen molar-refractivity contribution < 1.29 is 9.90 Å². The molecule has 0 aromatic heterocycles. The first kappa shape index (κ1) is 12.3. The van der Waals surface area contributed by atoms with E-state index in [1.54, 1.807) is 12.1 Å². The highest BCUT2D eigenvalue weighted by Gasteiger charge is 2.09. The maximum atomic E-state index is 10.6. The minimum Gasteiger partial charge on any atom is -0.394 e. The largest absolute Gasteiger partial charge is 0.394 e. The maximum absolute atomic E-state index is 10.6. The van der Waals surface area contributed by atoms with E-state index >= 15 is 0 Å². The van der Waals surface area contributed by atoms with Gasteiger partial charge in [0, 0.05) is 11.3 Å². The van der Waals surface area contributed by atoms with Gasteiger partial charge in [0.2, 0.25) is 0 Å². The third-order valence-electron chi connectivity index (χ3n) is 2.77. The summed E-state index contributed by atoms with van der Waals surface area (Å²) in [5, 5.41) is 12.7. The average Bonchev–Trinajstić information content (AvgIpc) is 2.46. The Bertz CT molecular complexity index is 494. The van der Waals surface area contributed by atoms with E-state index in [1.165, 1.54) is 0 Å². The predicted octanol–water partition coefficient (Wildman–Crippen LogP) is 2.64. The molecule has 1 unspecified atom stereocenters. The molecule has 1 atom stereocenters. The number of aliphatic hydroxyl groups is 1. The van der Waals surface area contributed by atoms with Crippen LogP contribution in [0.1, 0.15) is 22.0 Å². The van der Waals surface area contributed by atoms with Gasteiger partial charge in [-0.25, -0.2) is 0 Å². The topological polar surface area (TPSA) is 49.3 Å². The Kier molecular flexibility index (Phi) is 4.10. The standard InChI is InChI=1S/C15H15NO2/c17-10-12-6-8-14(9-7-12)16-15(11-18)13-4-2-1-3-5-13/h1-10,15-16,18H,11H2. The molecule has 0 amide bonds. The molecule has 0 saturated carbocycles. The van der Waals surface area contributed by atoms with Crippen molar-refractivity contribution in [1.82, 2.24) is 0 Å². The molecule has 0 aliphatic heterocycles. The summed E-state index contributed by atoms with van der Waals surface area (Å²) in [4.78, 5) is 10.6. The highest BCUT2D eigenvalue weighted by molar-refractivity contribution is 5.75. The molecule has 0 bridgehead atoms. The fraction of sp³-hybridized carbons (Fsp3) is 0.133. The van der Waals surface area contributed by atoms with Gasteiger partial charge >= 0.3 is 0 Å². The molecule has 0 aliphatic rings. The van der Waals surface area contributed by atoms with Gasteiger partial charge in [0.15, 0.2) is 0 Å². The van der Waals surface area contributed by atoms with Crippen molar-refractivity contribution in [3.8, 4) is 0 Å². The summed E-state index contributed by atoms with van der Waals surface area (Å²) in [5.74, 6) is 0. The summed E-state index contributed by atoms with van der Waals surface area (Å²) in [6, 6.07) is 16.8. The fourth-order valence-electron chi connectivity index (χ4n) is 1.78. The second-order valence-corrected chi connectivity index (χ2v) is 4.03. The van der Waals surface area contributed by atoms with Crippen LogP contribution < -0.4 is 5.32 Å². The van der Waals surface area contributed by atoms with Gasteiger partial charge in [0.1, 0.15) is 6.29 Å². The van der Waals surface area contributed by atoms with Crippen LogP contribution in [0.2, 0.25) is 0 Å². The van der Waals surface area contributed by atoms with Crippen molar-refractivity contribution in [3.63, 3.8) is 0 Å². The second kappa shape index (κ2) is 5.98.